The smallest absolute Gasteiger partial charge is 0.407 e. The lowest BCUT2D eigenvalue weighted by atomic mass is 9.92. The summed E-state index contributed by atoms with van der Waals surface area (Å²) < 4.78 is 29.5. The van der Waals surface area contributed by atoms with E-state index < -0.39 is 34.0 Å². The van der Waals surface area contributed by atoms with Crippen LogP contribution in [0.3, 0.4) is 0 Å². The number of hydrogen-bond acceptors (Lipinski definition) is 6. The molecular formula is C25H24N4O5S. The number of benzene rings is 2. The molecule has 0 saturated carbocycles. The van der Waals surface area contributed by atoms with Gasteiger partial charge < -0.3 is 5.11 Å². The summed E-state index contributed by atoms with van der Waals surface area (Å²) in [5.41, 5.74) is 1.23. The summed E-state index contributed by atoms with van der Waals surface area (Å²) in [6.07, 6.45) is 1.86. The molecule has 1 unspecified atom stereocenters. The number of carbonyl (C=O) groups is 2. The number of sulfonamides is 1. The van der Waals surface area contributed by atoms with Gasteiger partial charge in [-0.3, -0.25) is 14.7 Å². The van der Waals surface area contributed by atoms with Crippen molar-refractivity contribution in [2.24, 2.45) is 0 Å². The van der Waals surface area contributed by atoms with Crippen LogP contribution < -0.4 is 4.72 Å². The van der Waals surface area contributed by atoms with E-state index in [0.29, 0.717) is 35.8 Å². The number of pyridine rings is 1. The summed E-state index contributed by atoms with van der Waals surface area (Å²) >= 11 is 0. The number of carbonyl (C=O) groups excluding carboxylic acids is 1. The molecule has 2 aromatic carbocycles. The summed E-state index contributed by atoms with van der Waals surface area (Å²) in [4.78, 5) is 30.6. The first-order valence-electron chi connectivity index (χ1n) is 11.2. The average molecular weight is 493 g/mol. The minimum absolute atomic E-state index is 0.0320. The molecule has 35 heavy (non-hydrogen) atoms. The molecular weight excluding hydrogens is 468 g/mol. The Morgan fingerprint density at radius 2 is 1.94 bits per heavy atom. The second-order valence-corrected chi connectivity index (χ2v) is 10.1. The van der Waals surface area contributed by atoms with Crippen LogP contribution in [0.1, 0.15) is 30.4 Å². The Morgan fingerprint density at radius 1 is 1.17 bits per heavy atom. The zero-order chi connectivity index (χ0) is 25.0. The number of Topliss-reactive ketones (excluding diaryl/α,β-unsaturated/α-hetero) is 1. The first kappa shape index (κ1) is 24.3. The van der Waals surface area contributed by atoms with Crippen molar-refractivity contribution in [1.82, 2.24) is 14.6 Å². The summed E-state index contributed by atoms with van der Waals surface area (Å²) in [6, 6.07) is 14.6. The Hall–Kier alpha value is -3.81. The third-order valence-corrected chi connectivity index (χ3v) is 7.60. The fraction of sp³-hybridized carbons (Fsp3) is 0.280. The normalized spacial score (nSPS) is 17.0. The molecule has 1 aliphatic heterocycles. The molecule has 2 heterocycles. The van der Waals surface area contributed by atoms with Crippen LogP contribution in [0.25, 0.3) is 10.9 Å². The Balaban J connectivity index is 1.72. The van der Waals surface area contributed by atoms with Crippen LogP contribution in [0.5, 0.6) is 0 Å². The molecule has 2 N–H and O–H groups in total. The van der Waals surface area contributed by atoms with Gasteiger partial charge in [0.05, 0.1) is 29.2 Å². The molecule has 1 aliphatic rings. The molecule has 3 aromatic rings. The van der Waals surface area contributed by atoms with Crippen LogP contribution in [0.2, 0.25) is 0 Å². The van der Waals surface area contributed by atoms with Gasteiger partial charge in [0, 0.05) is 18.1 Å². The van der Waals surface area contributed by atoms with E-state index in [9.17, 15) is 28.4 Å². The highest BCUT2D eigenvalue weighted by Crippen LogP contribution is 2.24. The van der Waals surface area contributed by atoms with Crippen LogP contribution in [0, 0.1) is 11.3 Å². The minimum atomic E-state index is -4.21. The molecule has 1 aromatic heterocycles. The van der Waals surface area contributed by atoms with E-state index >= 15 is 0 Å². The van der Waals surface area contributed by atoms with Gasteiger partial charge in [-0.2, -0.15) is 5.26 Å². The van der Waals surface area contributed by atoms with Gasteiger partial charge in [-0.25, -0.2) is 17.9 Å². The number of likely N-dealkylation sites (tertiary alicyclic amines) is 1. The first-order valence-corrected chi connectivity index (χ1v) is 12.7. The van der Waals surface area contributed by atoms with E-state index in [4.69, 9.17) is 0 Å². The number of nitrogens with zero attached hydrogens (tertiary/aromatic N) is 3. The van der Waals surface area contributed by atoms with Crippen molar-refractivity contribution in [2.75, 3.05) is 6.54 Å². The zero-order valence-corrected chi connectivity index (χ0v) is 19.6. The Bertz CT molecular complexity index is 1410. The lowest BCUT2D eigenvalue weighted by Gasteiger charge is -2.34. The number of ketones is 1. The van der Waals surface area contributed by atoms with Gasteiger partial charge in [-0.1, -0.05) is 30.3 Å². The van der Waals surface area contributed by atoms with E-state index in [-0.39, 0.29) is 23.4 Å². The summed E-state index contributed by atoms with van der Waals surface area (Å²) in [7, 11) is -4.21. The second-order valence-electron chi connectivity index (χ2n) is 8.41. The van der Waals surface area contributed by atoms with E-state index in [0.717, 1.165) is 4.90 Å². The van der Waals surface area contributed by atoms with E-state index in [2.05, 4.69) is 9.71 Å². The number of hydrogen-bond donors (Lipinski definition) is 2. The van der Waals surface area contributed by atoms with Crippen LogP contribution >= 0.6 is 0 Å². The molecule has 1 saturated heterocycles. The van der Waals surface area contributed by atoms with Crippen LogP contribution in [0.4, 0.5) is 4.79 Å². The highest BCUT2D eigenvalue weighted by Gasteiger charge is 2.38. The fourth-order valence-corrected chi connectivity index (χ4v) is 5.82. The summed E-state index contributed by atoms with van der Waals surface area (Å²) in [5.74, 6) is -0.522. The first-order chi connectivity index (χ1) is 16.8. The lowest BCUT2D eigenvalue weighted by molar-refractivity contribution is -0.126. The van der Waals surface area contributed by atoms with Crippen molar-refractivity contribution in [3.63, 3.8) is 0 Å². The number of carboxylic acid groups (broad SMARTS) is 1. The molecule has 2 atom stereocenters. The van der Waals surface area contributed by atoms with E-state index in [1.807, 2.05) is 6.07 Å². The standard InChI is InChI=1S/C25H24N4O5S/c26-16-18-7-3-6-17(14-18)15-20(24(30)21-10-1-2-13-29(21)25(31)32)28-35(33,34)22-11-4-8-19-9-5-12-27-23(19)22/h3-9,11-12,14,20-21,28H,1-2,10,13,15H2,(H,31,32)/t20-,21?/m0/s1. The molecule has 1 fully saturated rings. The molecule has 0 bridgehead atoms. The number of para-hydroxylation sites is 1. The van der Waals surface area contributed by atoms with Gasteiger partial charge in [0.2, 0.25) is 10.0 Å². The van der Waals surface area contributed by atoms with Gasteiger partial charge in [0.15, 0.2) is 5.78 Å². The third kappa shape index (κ3) is 5.31. The molecule has 1 amide bonds. The predicted molar refractivity (Wildman–Crippen MR) is 128 cm³/mol. The van der Waals surface area contributed by atoms with Crippen molar-refractivity contribution in [3.05, 3.63) is 71.9 Å². The van der Waals surface area contributed by atoms with Gasteiger partial charge in [0.1, 0.15) is 4.90 Å². The predicted octanol–water partition coefficient (Wildman–Crippen LogP) is 3.10. The average Bonchev–Trinajstić information content (AvgIpc) is 2.87. The maximum absolute atomic E-state index is 13.6. The number of nitriles is 1. The number of fused-ring (bicyclic) bond motifs is 1. The maximum atomic E-state index is 13.6. The number of rotatable bonds is 7. The largest absolute Gasteiger partial charge is 0.465 e. The van der Waals surface area contributed by atoms with Crippen molar-refractivity contribution in [1.29, 1.82) is 5.26 Å². The fourth-order valence-electron chi connectivity index (χ4n) is 4.44. The Kier molecular flexibility index (Phi) is 7.10. The van der Waals surface area contributed by atoms with Crippen LogP contribution in [0.15, 0.2) is 65.7 Å². The van der Waals surface area contributed by atoms with Crippen molar-refractivity contribution >= 4 is 32.8 Å². The topological polar surface area (TPSA) is 140 Å². The van der Waals surface area contributed by atoms with Gasteiger partial charge in [0.25, 0.3) is 0 Å². The Labute approximate surface area is 203 Å². The summed E-state index contributed by atoms with van der Waals surface area (Å²) in [5, 5.41) is 19.5. The van der Waals surface area contributed by atoms with E-state index in [1.54, 1.807) is 48.5 Å². The SMILES string of the molecule is N#Cc1cccc(C[C@H](NS(=O)(=O)c2cccc3cccnc23)C(=O)C2CCCCN2C(=O)O)c1. The minimum Gasteiger partial charge on any atom is -0.465 e. The molecule has 4 rings (SSSR count). The number of aromatic nitrogens is 1. The summed E-state index contributed by atoms with van der Waals surface area (Å²) in [6.45, 7) is 0.211. The van der Waals surface area contributed by atoms with Gasteiger partial charge in [-0.15, -0.1) is 0 Å². The second kappa shape index (κ2) is 10.2. The van der Waals surface area contributed by atoms with Crippen molar-refractivity contribution in [2.45, 2.75) is 42.7 Å². The van der Waals surface area contributed by atoms with Crippen LogP contribution in [-0.4, -0.2) is 53.9 Å². The molecule has 9 nitrogen and oxygen atoms in total. The van der Waals surface area contributed by atoms with Crippen molar-refractivity contribution < 1.29 is 23.1 Å². The van der Waals surface area contributed by atoms with Crippen LogP contribution in [-0.2, 0) is 21.2 Å². The number of amides is 1. The van der Waals surface area contributed by atoms with Crippen molar-refractivity contribution in [3.8, 4) is 6.07 Å². The zero-order valence-electron chi connectivity index (χ0n) is 18.8. The highest BCUT2D eigenvalue weighted by atomic mass is 32.2. The quantitative estimate of drug-likeness (QED) is 0.516. The van der Waals surface area contributed by atoms with E-state index in [1.165, 1.54) is 12.3 Å². The molecule has 10 heteroatoms. The molecule has 0 radical (unpaired) electrons. The number of nitrogens with one attached hydrogen (secondary N) is 1. The third-order valence-electron chi connectivity index (χ3n) is 6.10. The Morgan fingerprint density at radius 3 is 2.71 bits per heavy atom. The molecule has 0 aliphatic carbocycles. The van der Waals surface area contributed by atoms with Gasteiger partial charge in [-0.05, 0) is 55.5 Å². The monoisotopic (exact) mass is 492 g/mol. The highest BCUT2D eigenvalue weighted by molar-refractivity contribution is 7.89. The number of piperidine rings is 1. The molecule has 180 valence electrons. The molecule has 0 spiro atoms. The van der Waals surface area contributed by atoms with Gasteiger partial charge >= 0.3 is 6.09 Å². The maximum Gasteiger partial charge on any atom is 0.407 e. The lowest BCUT2D eigenvalue weighted by Crippen LogP contribution is -2.55.